The van der Waals surface area contributed by atoms with Crippen LogP contribution in [-0.2, 0) is 0 Å². The van der Waals surface area contributed by atoms with Crippen molar-refractivity contribution in [3.05, 3.63) is 22.6 Å². The molecule has 1 aromatic rings. The van der Waals surface area contributed by atoms with E-state index >= 15 is 0 Å². The standard InChI is InChI=1S/C7H10N4O/c1-3-5-10-7(12)11(6-4-2)9-8-10/h3-6H,1-2H3/b5-3-,6-4+. The predicted molar refractivity (Wildman–Crippen MR) is 46.3 cm³/mol. The third kappa shape index (κ3) is 1.50. The van der Waals surface area contributed by atoms with E-state index in [1.54, 1.807) is 38.4 Å². The van der Waals surface area contributed by atoms with Gasteiger partial charge in [0.1, 0.15) is 0 Å². The number of allylic oxidation sites excluding steroid dienone is 2. The molecule has 0 spiro atoms. The first-order valence-corrected chi connectivity index (χ1v) is 3.59. The number of rotatable bonds is 2. The fourth-order valence-electron chi connectivity index (χ4n) is 0.737. The second-order valence-electron chi connectivity index (χ2n) is 2.12. The van der Waals surface area contributed by atoms with E-state index in [0.717, 1.165) is 0 Å². The van der Waals surface area contributed by atoms with E-state index in [2.05, 4.69) is 10.4 Å². The molecule has 0 aliphatic carbocycles. The molecule has 0 aliphatic heterocycles. The predicted octanol–water partition coefficient (Wildman–Crippen LogP) is 0.421. The molecule has 0 N–H and O–H groups in total. The number of tetrazole rings is 1. The highest BCUT2D eigenvalue weighted by Gasteiger charge is 1.98. The van der Waals surface area contributed by atoms with Crippen LogP contribution in [0.4, 0.5) is 0 Å². The van der Waals surface area contributed by atoms with Gasteiger partial charge < -0.3 is 0 Å². The highest BCUT2D eigenvalue weighted by Crippen LogP contribution is 1.78. The van der Waals surface area contributed by atoms with E-state index < -0.39 is 0 Å². The van der Waals surface area contributed by atoms with Crippen molar-refractivity contribution < 1.29 is 0 Å². The Labute approximate surface area is 69.6 Å². The van der Waals surface area contributed by atoms with Gasteiger partial charge >= 0.3 is 5.69 Å². The summed E-state index contributed by atoms with van der Waals surface area (Å²) in [7, 11) is 0. The second kappa shape index (κ2) is 3.66. The summed E-state index contributed by atoms with van der Waals surface area (Å²) < 4.78 is 2.33. The van der Waals surface area contributed by atoms with Crippen molar-refractivity contribution in [1.29, 1.82) is 0 Å². The minimum absolute atomic E-state index is 0.272. The van der Waals surface area contributed by atoms with E-state index in [-0.39, 0.29) is 5.69 Å². The maximum atomic E-state index is 11.2. The van der Waals surface area contributed by atoms with Gasteiger partial charge in [-0.2, -0.15) is 9.36 Å². The average Bonchev–Trinajstić information content (AvgIpc) is 2.38. The topological polar surface area (TPSA) is 52.7 Å². The van der Waals surface area contributed by atoms with Crippen LogP contribution in [0.2, 0.25) is 0 Å². The fraction of sp³-hybridized carbons (Fsp3) is 0.286. The van der Waals surface area contributed by atoms with Gasteiger partial charge in [-0.1, -0.05) is 12.2 Å². The smallest absolute Gasteiger partial charge is 0.243 e. The third-order valence-electron chi connectivity index (χ3n) is 1.21. The van der Waals surface area contributed by atoms with Gasteiger partial charge in [0.15, 0.2) is 0 Å². The Morgan fingerprint density at radius 1 is 1.08 bits per heavy atom. The van der Waals surface area contributed by atoms with Crippen molar-refractivity contribution in [3.8, 4) is 0 Å². The fourth-order valence-corrected chi connectivity index (χ4v) is 0.737. The molecule has 1 aromatic heterocycles. The molecular formula is C7H10N4O. The van der Waals surface area contributed by atoms with Crippen LogP contribution in [0.25, 0.3) is 12.4 Å². The average molecular weight is 166 g/mol. The van der Waals surface area contributed by atoms with E-state index in [0.29, 0.717) is 0 Å². The highest BCUT2D eigenvalue weighted by molar-refractivity contribution is 5.20. The molecular weight excluding hydrogens is 156 g/mol. The number of hydrogen-bond donors (Lipinski definition) is 0. The molecule has 0 atom stereocenters. The SMILES string of the molecule is C/C=C\n1nnn(/C=C/C)c1=O. The van der Waals surface area contributed by atoms with Gasteiger partial charge in [-0.3, -0.25) is 0 Å². The Morgan fingerprint density at radius 3 is 1.83 bits per heavy atom. The molecule has 5 heteroatoms. The Balaban J connectivity index is 3.13. The van der Waals surface area contributed by atoms with Crippen LogP contribution in [0.1, 0.15) is 13.8 Å². The van der Waals surface area contributed by atoms with E-state index in [9.17, 15) is 4.79 Å². The Bertz CT molecular complexity index is 325. The summed E-state index contributed by atoms with van der Waals surface area (Å²) >= 11 is 0. The Hall–Kier alpha value is -1.65. The van der Waals surface area contributed by atoms with Crippen LogP contribution >= 0.6 is 0 Å². The van der Waals surface area contributed by atoms with Gasteiger partial charge in [0, 0.05) is 12.4 Å². The first-order valence-electron chi connectivity index (χ1n) is 3.59. The molecule has 0 bridgehead atoms. The molecule has 64 valence electrons. The lowest BCUT2D eigenvalue weighted by molar-refractivity contribution is 0.787. The van der Waals surface area contributed by atoms with Crippen molar-refractivity contribution in [2.24, 2.45) is 0 Å². The zero-order valence-electron chi connectivity index (χ0n) is 7.01. The van der Waals surface area contributed by atoms with Crippen LogP contribution in [-0.4, -0.2) is 19.8 Å². The third-order valence-corrected chi connectivity index (χ3v) is 1.21. The van der Waals surface area contributed by atoms with Crippen molar-refractivity contribution in [2.75, 3.05) is 0 Å². The zero-order valence-corrected chi connectivity index (χ0v) is 7.01. The summed E-state index contributed by atoms with van der Waals surface area (Å²) in [6, 6.07) is 0. The zero-order chi connectivity index (χ0) is 8.97. The minimum atomic E-state index is -0.272. The quantitative estimate of drug-likeness (QED) is 0.639. The van der Waals surface area contributed by atoms with Crippen molar-refractivity contribution in [1.82, 2.24) is 19.8 Å². The van der Waals surface area contributed by atoms with Crippen molar-refractivity contribution >= 4 is 12.4 Å². The summed E-state index contributed by atoms with van der Waals surface area (Å²) in [5.41, 5.74) is -0.272. The molecule has 12 heavy (non-hydrogen) atoms. The molecule has 0 aliphatic rings. The minimum Gasteiger partial charge on any atom is -0.243 e. The van der Waals surface area contributed by atoms with Crippen LogP contribution < -0.4 is 5.69 Å². The van der Waals surface area contributed by atoms with Gasteiger partial charge in [0.05, 0.1) is 0 Å². The first kappa shape index (κ1) is 8.45. The van der Waals surface area contributed by atoms with Gasteiger partial charge in [-0.25, -0.2) is 4.79 Å². The van der Waals surface area contributed by atoms with Crippen LogP contribution in [0.15, 0.2) is 16.9 Å². The first-order chi connectivity index (χ1) is 5.79. The molecule has 1 heterocycles. The summed E-state index contributed by atoms with van der Waals surface area (Å²) in [4.78, 5) is 11.2. The molecule has 0 aromatic carbocycles. The number of aromatic nitrogens is 4. The summed E-state index contributed by atoms with van der Waals surface area (Å²) in [6.45, 7) is 3.61. The largest absolute Gasteiger partial charge is 0.372 e. The maximum Gasteiger partial charge on any atom is 0.372 e. The lowest BCUT2D eigenvalue weighted by Gasteiger charge is -1.83. The Morgan fingerprint density at radius 2 is 1.50 bits per heavy atom. The van der Waals surface area contributed by atoms with Gasteiger partial charge in [-0.15, -0.1) is 0 Å². The molecule has 0 fully saturated rings. The van der Waals surface area contributed by atoms with Crippen LogP contribution in [0, 0.1) is 0 Å². The maximum absolute atomic E-state index is 11.2. The van der Waals surface area contributed by atoms with Crippen molar-refractivity contribution in [3.63, 3.8) is 0 Å². The van der Waals surface area contributed by atoms with Crippen molar-refractivity contribution in [2.45, 2.75) is 13.8 Å². The summed E-state index contributed by atoms with van der Waals surface area (Å²) in [5, 5.41) is 7.21. The summed E-state index contributed by atoms with van der Waals surface area (Å²) in [6.07, 6.45) is 6.54. The van der Waals surface area contributed by atoms with E-state index in [1.165, 1.54) is 9.36 Å². The number of hydrogen-bond acceptors (Lipinski definition) is 3. The van der Waals surface area contributed by atoms with Gasteiger partial charge in [0.25, 0.3) is 0 Å². The highest BCUT2D eigenvalue weighted by atomic mass is 16.2. The van der Waals surface area contributed by atoms with Crippen LogP contribution in [0.3, 0.4) is 0 Å². The molecule has 0 saturated heterocycles. The van der Waals surface area contributed by atoms with Gasteiger partial charge in [-0.05, 0) is 24.3 Å². The second-order valence-corrected chi connectivity index (χ2v) is 2.12. The molecule has 5 nitrogen and oxygen atoms in total. The molecule has 0 radical (unpaired) electrons. The number of nitrogens with zero attached hydrogens (tertiary/aromatic N) is 4. The van der Waals surface area contributed by atoms with Crippen LogP contribution in [0.5, 0.6) is 0 Å². The molecule has 0 amide bonds. The summed E-state index contributed by atoms with van der Waals surface area (Å²) in [5.74, 6) is 0. The monoisotopic (exact) mass is 166 g/mol. The molecule has 0 saturated carbocycles. The molecule has 0 unspecified atom stereocenters. The lowest BCUT2D eigenvalue weighted by Crippen LogP contribution is -2.18. The lowest BCUT2D eigenvalue weighted by atomic mass is 10.7. The normalized spacial score (nSPS) is 11.8. The van der Waals surface area contributed by atoms with Gasteiger partial charge in [0.2, 0.25) is 0 Å². The Kier molecular flexibility index (Phi) is 2.57. The van der Waals surface area contributed by atoms with E-state index in [4.69, 9.17) is 0 Å². The van der Waals surface area contributed by atoms with E-state index in [1.807, 2.05) is 0 Å². The molecule has 1 rings (SSSR count).